The third kappa shape index (κ3) is 3.62. The van der Waals surface area contributed by atoms with Gasteiger partial charge < -0.3 is 10.1 Å². The van der Waals surface area contributed by atoms with Gasteiger partial charge in [0.05, 0.1) is 12.7 Å². The second-order valence-corrected chi connectivity index (χ2v) is 8.69. The molecule has 0 aromatic carbocycles. The number of ether oxygens (including phenoxy) is 1. The summed E-state index contributed by atoms with van der Waals surface area (Å²) in [6, 6.07) is 4.84. The van der Waals surface area contributed by atoms with Crippen molar-refractivity contribution in [3.05, 3.63) is 21.9 Å². The zero-order valence-electron chi connectivity index (χ0n) is 13.8. The Morgan fingerprint density at radius 3 is 3.00 bits per heavy atom. The van der Waals surface area contributed by atoms with Crippen LogP contribution in [0.25, 0.3) is 0 Å². The van der Waals surface area contributed by atoms with Crippen molar-refractivity contribution in [1.29, 1.82) is 0 Å². The largest absolute Gasteiger partial charge is 0.375 e. The van der Waals surface area contributed by atoms with Gasteiger partial charge in [0.2, 0.25) is 5.91 Å². The molecule has 1 amide bonds. The summed E-state index contributed by atoms with van der Waals surface area (Å²) in [5, 5.41) is 3.15. The number of hydrogen-bond acceptors (Lipinski definition) is 4. The number of rotatable bonds is 5. The highest BCUT2D eigenvalue weighted by Gasteiger charge is 2.43. The molecule has 0 bridgehead atoms. The number of nitrogens with one attached hydrogen (secondary N) is 1. The van der Waals surface area contributed by atoms with E-state index >= 15 is 0 Å². The first-order chi connectivity index (χ1) is 11.2. The lowest BCUT2D eigenvalue weighted by atomic mass is 10.1. The fraction of sp³-hybridized carbons (Fsp3) is 0.722. The summed E-state index contributed by atoms with van der Waals surface area (Å²) >= 11 is 1.88. The number of morpholine rings is 1. The van der Waals surface area contributed by atoms with Gasteiger partial charge in [0.1, 0.15) is 0 Å². The summed E-state index contributed by atoms with van der Waals surface area (Å²) in [5.41, 5.74) is 0. The second kappa shape index (κ2) is 6.54. The Hall–Kier alpha value is -0.910. The molecule has 0 unspecified atom stereocenters. The zero-order valence-corrected chi connectivity index (χ0v) is 14.6. The molecular formula is C18H26N2O2S. The van der Waals surface area contributed by atoms with E-state index in [0.29, 0.717) is 6.04 Å². The second-order valence-electron chi connectivity index (χ2n) is 7.32. The topological polar surface area (TPSA) is 41.6 Å². The molecule has 2 aliphatic carbocycles. The van der Waals surface area contributed by atoms with Gasteiger partial charge in [-0.15, -0.1) is 11.3 Å². The van der Waals surface area contributed by atoms with E-state index in [9.17, 15) is 4.79 Å². The number of amides is 1. The molecule has 23 heavy (non-hydrogen) atoms. The van der Waals surface area contributed by atoms with Crippen LogP contribution < -0.4 is 5.32 Å². The number of nitrogens with zero attached hydrogens (tertiary/aromatic N) is 1. The Morgan fingerprint density at radius 1 is 1.39 bits per heavy atom. The molecule has 126 valence electrons. The molecule has 3 atom stereocenters. The lowest BCUT2D eigenvalue weighted by Crippen LogP contribution is -2.47. The van der Waals surface area contributed by atoms with E-state index in [1.54, 1.807) is 0 Å². The third-order valence-electron chi connectivity index (χ3n) is 5.44. The first-order valence-electron chi connectivity index (χ1n) is 8.87. The Kier molecular flexibility index (Phi) is 4.43. The van der Waals surface area contributed by atoms with E-state index in [4.69, 9.17) is 4.74 Å². The fourth-order valence-electron chi connectivity index (χ4n) is 3.92. The van der Waals surface area contributed by atoms with Crippen LogP contribution in [0, 0.1) is 18.8 Å². The normalized spacial score (nSPS) is 31.1. The highest BCUT2D eigenvalue weighted by Crippen LogP contribution is 2.36. The summed E-state index contributed by atoms with van der Waals surface area (Å²) < 4.78 is 5.98. The molecule has 1 N–H and O–H groups in total. The minimum absolute atomic E-state index is 0.134. The van der Waals surface area contributed by atoms with Gasteiger partial charge in [0, 0.05) is 41.3 Å². The maximum absolute atomic E-state index is 12.4. The van der Waals surface area contributed by atoms with Crippen LogP contribution >= 0.6 is 11.3 Å². The number of fused-ring (bicyclic) bond motifs is 1. The summed E-state index contributed by atoms with van der Waals surface area (Å²) in [6.45, 7) is 5.81. The Labute approximate surface area is 142 Å². The van der Waals surface area contributed by atoms with Crippen LogP contribution in [0.2, 0.25) is 0 Å². The molecule has 1 aromatic heterocycles. The zero-order chi connectivity index (χ0) is 15.8. The molecule has 3 aliphatic rings. The molecule has 4 rings (SSSR count). The van der Waals surface area contributed by atoms with E-state index in [1.807, 2.05) is 11.3 Å². The van der Waals surface area contributed by atoms with Gasteiger partial charge in [-0.3, -0.25) is 9.69 Å². The Bertz CT molecular complexity index is 569. The lowest BCUT2D eigenvalue weighted by molar-refractivity contribution is -0.125. The Morgan fingerprint density at radius 2 is 2.26 bits per heavy atom. The van der Waals surface area contributed by atoms with Gasteiger partial charge in [-0.1, -0.05) is 0 Å². The predicted molar refractivity (Wildman–Crippen MR) is 91.5 cm³/mol. The first kappa shape index (κ1) is 15.6. The van der Waals surface area contributed by atoms with Gasteiger partial charge in [-0.05, 0) is 50.7 Å². The van der Waals surface area contributed by atoms with Crippen molar-refractivity contribution in [2.45, 2.75) is 51.3 Å². The van der Waals surface area contributed by atoms with Gasteiger partial charge in [-0.25, -0.2) is 0 Å². The smallest absolute Gasteiger partial charge is 0.223 e. The quantitative estimate of drug-likeness (QED) is 0.900. The van der Waals surface area contributed by atoms with Gasteiger partial charge in [0.15, 0.2) is 0 Å². The fourth-order valence-corrected chi connectivity index (χ4v) is 4.84. The van der Waals surface area contributed by atoms with Crippen LogP contribution in [0.15, 0.2) is 12.1 Å². The maximum Gasteiger partial charge on any atom is 0.223 e. The average molecular weight is 334 g/mol. The van der Waals surface area contributed by atoms with E-state index < -0.39 is 0 Å². The molecule has 2 saturated carbocycles. The standard InChI is InChI=1S/C18H26N2O2S/c1-12-2-5-15(23-12)11-20-6-7-22-17-9-14(8-16(17)20)18(21)19-10-13-3-4-13/h2,5,13-14,16-17H,3-4,6-11H2,1H3,(H,19,21)/t14-,16+,17+/m0/s1. The highest BCUT2D eigenvalue weighted by molar-refractivity contribution is 7.11. The van der Waals surface area contributed by atoms with E-state index in [2.05, 4.69) is 29.3 Å². The predicted octanol–water partition coefficient (Wildman–Crippen LogP) is 2.56. The maximum atomic E-state index is 12.4. The molecule has 1 aliphatic heterocycles. The van der Waals surface area contributed by atoms with Crippen molar-refractivity contribution < 1.29 is 9.53 Å². The van der Waals surface area contributed by atoms with Gasteiger partial charge >= 0.3 is 0 Å². The van der Waals surface area contributed by atoms with Crippen molar-refractivity contribution in [2.24, 2.45) is 11.8 Å². The Balaban J connectivity index is 1.36. The van der Waals surface area contributed by atoms with Crippen molar-refractivity contribution >= 4 is 17.2 Å². The number of carbonyl (C=O) groups excluding carboxylic acids is 1. The molecule has 2 heterocycles. The molecule has 1 saturated heterocycles. The van der Waals surface area contributed by atoms with Crippen molar-refractivity contribution in [3.63, 3.8) is 0 Å². The van der Waals surface area contributed by atoms with Crippen LogP contribution in [-0.2, 0) is 16.1 Å². The molecule has 0 spiro atoms. The highest BCUT2D eigenvalue weighted by atomic mass is 32.1. The molecule has 4 nitrogen and oxygen atoms in total. The number of hydrogen-bond donors (Lipinski definition) is 1. The van der Waals surface area contributed by atoms with Crippen LogP contribution in [-0.4, -0.2) is 42.6 Å². The van der Waals surface area contributed by atoms with Crippen LogP contribution in [0.1, 0.15) is 35.4 Å². The molecular weight excluding hydrogens is 308 g/mol. The number of carbonyl (C=O) groups is 1. The van der Waals surface area contributed by atoms with Crippen molar-refractivity contribution in [1.82, 2.24) is 10.2 Å². The van der Waals surface area contributed by atoms with Crippen LogP contribution in [0.3, 0.4) is 0 Å². The van der Waals surface area contributed by atoms with Crippen molar-refractivity contribution in [3.8, 4) is 0 Å². The van der Waals surface area contributed by atoms with Crippen LogP contribution in [0.4, 0.5) is 0 Å². The summed E-state index contributed by atoms with van der Waals surface area (Å²) in [6.07, 6.45) is 4.65. The number of aryl methyl sites for hydroxylation is 1. The van der Waals surface area contributed by atoms with E-state index in [-0.39, 0.29) is 17.9 Å². The van der Waals surface area contributed by atoms with E-state index in [1.165, 1.54) is 22.6 Å². The van der Waals surface area contributed by atoms with Gasteiger partial charge in [0.25, 0.3) is 0 Å². The van der Waals surface area contributed by atoms with E-state index in [0.717, 1.165) is 45.0 Å². The monoisotopic (exact) mass is 334 g/mol. The number of thiophene rings is 1. The SMILES string of the molecule is Cc1ccc(CN2CCO[C@@H]3C[C@@H](C(=O)NCC4CC4)C[C@H]32)s1. The molecule has 3 fully saturated rings. The van der Waals surface area contributed by atoms with Crippen molar-refractivity contribution in [2.75, 3.05) is 19.7 Å². The third-order valence-corrected chi connectivity index (χ3v) is 6.42. The molecule has 1 aromatic rings. The summed E-state index contributed by atoms with van der Waals surface area (Å²) in [7, 11) is 0. The van der Waals surface area contributed by atoms with Gasteiger partial charge in [-0.2, -0.15) is 0 Å². The average Bonchev–Trinajstić information content (AvgIpc) is 3.12. The minimum Gasteiger partial charge on any atom is -0.375 e. The van der Waals surface area contributed by atoms with Crippen LogP contribution in [0.5, 0.6) is 0 Å². The first-order valence-corrected chi connectivity index (χ1v) is 9.69. The minimum atomic E-state index is 0.134. The summed E-state index contributed by atoms with van der Waals surface area (Å²) in [4.78, 5) is 17.7. The molecule has 0 radical (unpaired) electrons. The lowest BCUT2D eigenvalue weighted by Gasteiger charge is -2.37. The summed E-state index contributed by atoms with van der Waals surface area (Å²) in [5.74, 6) is 1.13. The molecule has 5 heteroatoms.